The fraction of sp³-hybridized carbons (Fsp3) is 0. The number of ether oxygens (including phenoxy) is 1. The van der Waals surface area contributed by atoms with E-state index in [1.165, 1.54) is 0 Å². The fourth-order valence-corrected chi connectivity index (χ4v) is 1.90. The zero-order valence-electron chi connectivity index (χ0n) is 7.99. The van der Waals surface area contributed by atoms with E-state index in [1.54, 1.807) is 24.3 Å². The van der Waals surface area contributed by atoms with Gasteiger partial charge in [-0.25, -0.2) is 14.0 Å². The number of rotatable bonds is 0. The van der Waals surface area contributed by atoms with Gasteiger partial charge in [-0.15, -0.1) is 0 Å². The largest absolute Gasteiger partial charge is 0.386 e. The summed E-state index contributed by atoms with van der Waals surface area (Å²) in [7, 11) is 0. The Morgan fingerprint density at radius 3 is 2.44 bits per heavy atom. The maximum atomic E-state index is 13.6. The predicted octanol–water partition coefficient (Wildman–Crippen LogP) is 2.29. The van der Waals surface area contributed by atoms with E-state index < -0.39 is 17.8 Å². The third kappa shape index (κ3) is 1.01. The first-order valence-electron chi connectivity index (χ1n) is 4.66. The number of hydrogen-bond donors (Lipinski definition) is 0. The SMILES string of the molecule is O=C1OC(=O)c2c1cc(F)c1ccccc21. The predicted molar refractivity (Wildman–Crippen MR) is 53.7 cm³/mol. The highest BCUT2D eigenvalue weighted by molar-refractivity contribution is 6.21. The molecule has 3 nitrogen and oxygen atoms in total. The average Bonchev–Trinajstić information content (AvgIpc) is 2.55. The highest BCUT2D eigenvalue weighted by Crippen LogP contribution is 2.30. The van der Waals surface area contributed by atoms with Crippen molar-refractivity contribution >= 4 is 22.7 Å². The standard InChI is InChI=1S/C12H5FO3/c13-9-5-8-10(12(15)16-11(8)14)7-4-2-1-3-6(7)9/h1-5H. The van der Waals surface area contributed by atoms with E-state index >= 15 is 0 Å². The number of hydrogen-bond acceptors (Lipinski definition) is 3. The van der Waals surface area contributed by atoms with E-state index in [1.807, 2.05) is 0 Å². The fourth-order valence-electron chi connectivity index (χ4n) is 1.90. The number of esters is 2. The molecule has 0 aliphatic carbocycles. The maximum Gasteiger partial charge on any atom is 0.347 e. The minimum absolute atomic E-state index is 0.00111. The molecule has 2 aromatic carbocycles. The van der Waals surface area contributed by atoms with Crippen LogP contribution in [0.5, 0.6) is 0 Å². The maximum absolute atomic E-state index is 13.6. The van der Waals surface area contributed by atoms with Crippen LogP contribution in [0.3, 0.4) is 0 Å². The van der Waals surface area contributed by atoms with Crippen LogP contribution in [-0.4, -0.2) is 11.9 Å². The number of carbonyl (C=O) groups is 2. The Morgan fingerprint density at radius 1 is 1.00 bits per heavy atom. The van der Waals surface area contributed by atoms with Crippen molar-refractivity contribution in [3.05, 3.63) is 47.3 Å². The zero-order valence-corrected chi connectivity index (χ0v) is 7.99. The second kappa shape index (κ2) is 2.88. The van der Waals surface area contributed by atoms with Crippen LogP contribution < -0.4 is 0 Å². The Bertz CT molecular complexity index is 646. The van der Waals surface area contributed by atoms with Gasteiger partial charge in [0.05, 0.1) is 11.1 Å². The van der Waals surface area contributed by atoms with Crippen LogP contribution in [0.15, 0.2) is 30.3 Å². The molecule has 0 saturated carbocycles. The van der Waals surface area contributed by atoms with Crippen molar-refractivity contribution < 1.29 is 18.7 Å². The molecular weight excluding hydrogens is 211 g/mol. The summed E-state index contributed by atoms with van der Waals surface area (Å²) in [5, 5.41) is 0.723. The second-order valence-corrected chi connectivity index (χ2v) is 3.50. The Hall–Kier alpha value is -2.23. The van der Waals surface area contributed by atoms with Crippen LogP contribution in [-0.2, 0) is 4.74 Å². The first-order chi connectivity index (χ1) is 7.68. The van der Waals surface area contributed by atoms with Crippen LogP contribution >= 0.6 is 0 Å². The number of benzene rings is 2. The number of halogens is 1. The Kier molecular flexibility index (Phi) is 1.63. The summed E-state index contributed by atoms with van der Waals surface area (Å²) < 4.78 is 18.1. The van der Waals surface area contributed by atoms with Crippen molar-refractivity contribution in [3.63, 3.8) is 0 Å². The van der Waals surface area contributed by atoms with Gasteiger partial charge in [-0.2, -0.15) is 0 Å². The first-order valence-corrected chi connectivity index (χ1v) is 4.66. The van der Waals surface area contributed by atoms with Crippen LogP contribution in [0, 0.1) is 5.82 Å². The van der Waals surface area contributed by atoms with Crippen molar-refractivity contribution in [2.24, 2.45) is 0 Å². The monoisotopic (exact) mass is 216 g/mol. The van der Waals surface area contributed by atoms with Crippen molar-refractivity contribution in [2.75, 3.05) is 0 Å². The molecule has 2 aromatic rings. The van der Waals surface area contributed by atoms with E-state index in [2.05, 4.69) is 4.74 Å². The van der Waals surface area contributed by atoms with Crippen molar-refractivity contribution in [2.45, 2.75) is 0 Å². The molecule has 0 aromatic heterocycles. The second-order valence-electron chi connectivity index (χ2n) is 3.50. The Balaban J connectivity index is 2.53. The third-order valence-corrected chi connectivity index (χ3v) is 2.60. The van der Waals surface area contributed by atoms with Crippen LogP contribution in [0.4, 0.5) is 4.39 Å². The molecule has 1 heterocycles. The molecule has 1 aliphatic rings. The molecule has 78 valence electrons. The summed E-state index contributed by atoms with van der Waals surface area (Å²) in [5.74, 6) is -2.03. The zero-order chi connectivity index (χ0) is 11.3. The molecule has 0 saturated heterocycles. The van der Waals surface area contributed by atoms with Gasteiger partial charge in [-0.3, -0.25) is 0 Å². The Morgan fingerprint density at radius 2 is 1.69 bits per heavy atom. The summed E-state index contributed by atoms with van der Waals surface area (Å²) in [6, 6.07) is 7.54. The molecular formula is C12H5FO3. The van der Waals surface area contributed by atoms with Crippen LogP contribution in [0.2, 0.25) is 0 Å². The average molecular weight is 216 g/mol. The molecule has 0 atom stereocenters. The highest BCUT2D eigenvalue weighted by Gasteiger charge is 2.32. The summed E-state index contributed by atoms with van der Waals surface area (Å²) in [6.07, 6.45) is 0. The molecule has 16 heavy (non-hydrogen) atoms. The Labute approximate surface area is 89.4 Å². The van der Waals surface area contributed by atoms with Gasteiger partial charge in [0.15, 0.2) is 0 Å². The van der Waals surface area contributed by atoms with Crippen molar-refractivity contribution in [3.8, 4) is 0 Å². The molecule has 3 rings (SSSR count). The molecule has 0 spiro atoms. The minimum atomic E-state index is -0.787. The van der Waals surface area contributed by atoms with E-state index in [0.717, 1.165) is 6.07 Å². The van der Waals surface area contributed by atoms with E-state index in [-0.39, 0.29) is 11.1 Å². The summed E-state index contributed by atoms with van der Waals surface area (Å²) >= 11 is 0. The molecule has 0 amide bonds. The molecule has 0 unspecified atom stereocenters. The summed E-state index contributed by atoms with van der Waals surface area (Å²) in [6.45, 7) is 0. The summed E-state index contributed by atoms with van der Waals surface area (Å²) in [5.41, 5.74) is 0.156. The molecule has 1 aliphatic heterocycles. The highest BCUT2D eigenvalue weighted by atomic mass is 19.1. The quantitative estimate of drug-likeness (QED) is 0.501. The van der Waals surface area contributed by atoms with Gasteiger partial charge in [0.1, 0.15) is 5.82 Å². The lowest BCUT2D eigenvalue weighted by Gasteiger charge is -2.01. The third-order valence-electron chi connectivity index (χ3n) is 2.60. The van der Waals surface area contributed by atoms with Gasteiger partial charge in [0.25, 0.3) is 0 Å². The smallest absolute Gasteiger partial charge is 0.347 e. The van der Waals surface area contributed by atoms with Crippen molar-refractivity contribution in [1.29, 1.82) is 0 Å². The lowest BCUT2D eigenvalue weighted by molar-refractivity contribution is 0.0444. The van der Waals surface area contributed by atoms with Gasteiger partial charge in [0, 0.05) is 5.39 Å². The van der Waals surface area contributed by atoms with E-state index in [4.69, 9.17) is 0 Å². The number of carbonyl (C=O) groups excluding carboxylic acids is 2. The minimum Gasteiger partial charge on any atom is -0.386 e. The van der Waals surface area contributed by atoms with Crippen LogP contribution in [0.1, 0.15) is 20.7 Å². The molecule has 0 radical (unpaired) electrons. The number of cyclic esters (lactones) is 2. The molecule has 4 heteroatoms. The lowest BCUT2D eigenvalue weighted by atomic mass is 10.00. The normalized spacial score (nSPS) is 14.1. The van der Waals surface area contributed by atoms with Gasteiger partial charge >= 0.3 is 11.9 Å². The van der Waals surface area contributed by atoms with E-state index in [0.29, 0.717) is 10.8 Å². The molecule has 0 N–H and O–H groups in total. The molecule has 0 fully saturated rings. The lowest BCUT2D eigenvalue weighted by Crippen LogP contribution is -1.97. The van der Waals surface area contributed by atoms with Crippen molar-refractivity contribution in [1.82, 2.24) is 0 Å². The van der Waals surface area contributed by atoms with Gasteiger partial charge in [-0.1, -0.05) is 24.3 Å². The van der Waals surface area contributed by atoms with E-state index in [9.17, 15) is 14.0 Å². The molecule has 0 bridgehead atoms. The van der Waals surface area contributed by atoms with Gasteiger partial charge in [0.2, 0.25) is 0 Å². The van der Waals surface area contributed by atoms with Gasteiger partial charge < -0.3 is 4.74 Å². The first kappa shape index (κ1) is 9.03. The van der Waals surface area contributed by atoms with Gasteiger partial charge in [-0.05, 0) is 11.5 Å². The topological polar surface area (TPSA) is 43.4 Å². The van der Waals surface area contributed by atoms with Crippen LogP contribution in [0.25, 0.3) is 10.8 Å². The summed E-state index contributed by atoms with van der Waals surface area (Å²) in [4.78, 5) is 22.7. The number of fused-ring (bicyclic) bond motifs is 3.